The highest BCUT2D eigenvalue weighted by Gasteiger charge is 2.13. The molecule has 2 rings (SSSR count). The normalized spacial score (nSPS) is 18.2. The lowest BCUT2D eigenvalue weighted by molar-refractivity contribution is 1.19. The van der Waals surface area contributed by atoms with Gasteiger partial charge in [0.05, 0.1) is 21.3 Å². The third kappa shape index (κ3) is 2.19. The van der Waals surface area contributed by atoms with Crippen LogP contribution in [0.15, 0.2) is 22.3 Å². The van der Waals surface area contributed by atoms with Gasteiger partial charge in [-0.2, -0.15) is 0 Å². The van der Waals surface area contributed by atoms with Crippen LogP contribution in [0.25, 0.3) is 0 Å². The molecule has 0 saturated carbocycles. The van der Waals surface area contributed by atoms with Crippen LogP contribution in [0.3, 0.4) is 0 Å². The van der Waals surface area contributed by atoms with E-state index >= 15 is 0 Å². The van der Waals surface area contributed by atoms with Crippen LogP contribution in [0.1, 0.15) is 22.0 Å². The molecule has 0 aromatic carbocycles. The Morgan fingerprint density at radius 1 is 1.44 bits per heavy atom. The van der Waals surface area contributed by atoms with E-state index < -0.39 is 0 Å². The van der Waals surface area contributed by atoms with Gasteiger partial charge in [-0.1, -0.05) is 6.08 Å². The van der Waals surface area contributed by atoms with Gasteiger partial charge in [0.25, 0.3) is 0 Å². The average Bonchev–Trinajstić information content (AvgIpc) is 2.51. The Kier molecular flexibility index (Phi) is 3.14. The first kappa shape index (κ1) is 11.0. The van der Waals surface area contributed by atoms with Crippen molar-refractivity contribution in [2.24, 2.45) is 9.98 Å². The molecule has 0 amide bonds. The highest BCUT2D eigenvalue weighted by Crippen LogP contribution is 2.20. The molecule has 1 aromatic heterocycles. The zero-order valence-electron chi connectivity index (χ0n) is 9.61. The average molecular weight is 234 g/mol. The molecule has 5 heteroatoms. The van der Waals surface area contributed by atoms with E-state index in [1.807, 2.05) is 26.1 Å². The van der Waals surface area contributed by atoms with Crippen LogP contribution in [0.4, 0.5) is 0 Å². The minimum atomic E-state index is 0.647. The Morgan fingerprint density at radius 2 is 2.25 bits per heavy atom. The van der Waals surface area contributed by atoms with Crippen molar-refractivity contribution in [2.45, 2.75) is 20.3 Å². The minimum absolute atomic E-state index is 0.647. The van der Waals surface area contributed by atoms with Crippen LogP contribution in [-0.2, 0) is 0 Å². The third-order valence-corrected chi connectivity index (χ3v) is 3.38. The van der Waals surface area contributed by atoms with E-state index in [2.05, 4.69) is 20.3 Å². The summed E-state index contributed by atoms with van der Waals surface area (Å²) in [6.45, 7) is 4.04. The first-order valence-corrected chi connectivity index (χ1v) is 5.92. The van der Waals surface area contributed by atoms with Gasteiger partial charge in [0.1, 0.15) is 0 Å². The number of guanidine groups is 1. The van der Waals surface area contributed by atoms with Crippen molar-refractivity contribution >= 4 is 23.0 Å². The number of aliphatic imine (C=N–C) groups is 2. The van der Waals surface area contributed by atoms with Gasteiger partial charge < -0.3 is 5.32 Å². The van der Waals surface area contributed by atoms with Gasteiger partial charge >= 0.3 is 0 Å². The van der Waals surface area contributed by atoms with E-state index in [1.165, 1.54) is 0 Å². The summed E-state index contributed by atoms with van der Waals surface area (Å²) in [5, 5.41) is 4.10. The van der Waals surface area contributed by atoms with Crippen molar-refractivity contribution in [3.63, 3.8) is 0 Å². The monoisotopic (exact) mass is 234 g/mol. The first-order chi connectivity index (χ1) is 7.70. The number of rotatable bonds is 1. The molecule has 1 N–H and O–H groups in total. The quantitative estimate of drug-likeness (QED) is 0.808. The molecule has 0 saturated heterocycles. The zero-order chi connectivity index (χ0) is 11.5. The summed E-state index contributed by atoms with van der Waals surface area (Å²) in [5.41, 5.74) is 2.08. The number of hydrogen-bond donors (Lipinski definition) is 1. The Hall–Kier alpha value is -1.49. The summed E-state index contributed by atoms with van der Waals surface area (Å²) < 4.78 is 0. The molecular weight excluding hydrogens is 220 g/mol. The van der Waals surface area contributed by atoms with Gasteiger partial charge in [-0.05, 0) is 13.8 Å². The maximum atomic E-state index is 4.50. The second-order valence-electron chi connectivity index (χ2n) is 3.50. The first-order valence-electron chi connectivity index (χ1n) is 5.11. The molecule has 0 bridgehead atoms. The molecule has 0 aliphatic carbocycles. The van der Waals surface area contributed by atoms with Crippen molar-refractivity contribution < 1.29 is 0 Å². The van der Waals surface area contributed by atoms with E-state index in [-0.39, 0.29) is 0 Å². The Balaban J connectivity index is 2.43. The summed E-state index contributed by atoms with van der Waals surface area (Å²) in [5.74, 6) is 0.647. The summed E-state index contributed by atoms with van der Waals surface area (Å²) in [7, 11) is 1.73. The van der Waals surface area contributed by atoms with Crippen LogP contribution in [0.5, 0.6) is 0 Å². The van der Waals surface area contributed by atoms with E-state index in [4.69, 9.17) is 0 Å². The second kappa shape index (κ2) is 4.57. The molecule has 1 aliphatic rings. The maximum Gasteiger partial charge on any atom is 0.222 e. The Morgan fingerprint density at radius 3 is 2.88 bits per heavy atom. The number of aryl methyl sites for hydroxylation is 2. The lowest BCUT2D eigenvalue weighted by Crippen LogP contribution is -2.14. The molecule has 4 nitrogen and oxygen atoms in total. The Labute approximate surface area is 98.9 Å². The van der Waals surface area contributed by atoms with E-state index in [0.29, 0.717) is 5.96 Å². The largest absolute Gasteiger partial charge is 0.331 e. The molecule has 0 atom stereocenters. The van der Waals surface area contributed by atoms with Gasteiger partial charge in [-0.15, -0.1) is 11.3 Å². The number of aromatic nitrogens is 1. The van der Waals surface area contributed by atoms with E-state index in [1.54, 1.807) is 18.4 Å². The smallest absolute Gasteiger partial charge is 0.222 e. The number of allylic oxidation sites excluding steroid dienone is 1. The molecule has 0 unspecified atom stereocenters. The predicted molar refractivity (Wildman–Crippen MR) is 68.4 cm³/mol. The molecule has 2 heterocycles. The highest BCUT2D eigenvalue weighted by molar-refractivity contribution is 7.13. The van der Waals surface area contributed by atoms with E-state index in [0.717, 1.165) is 27.7 Å². The van der Waals surface area contributed by atoms with Gasteiger partial charge in [0.15, 0.2) is 0 Å². The van der Waals surface area contributed by atoms with Crippen molar-refractivity contribution in [3.8, 4) is 0 Å². The van der Waals surface area contributed by atoms with Crippen LogP contribution >= 0.6 is 11.3 Å². The second-order valence-corrected chi connectivity index (χ2v) is 4.71. The maximum absolute atomic E-state index is 4.50. The molecule has 84 valence electrons. The van der Waals surface area contributed by atoms with Crippen molar-refractivity contribution in [3.05, 3.63) is 27.9 Å². The fraction of sp³-hybridized carbons (Fsp3) is 0.364. The van der Waals surface area contributed by atoms with Gasteiger partial charge in [-0.3, -0.25) is 4.99 Å². The SMILES string of the molecule is CN=C1N=C(c2sc(C)nc2C)CC=CN1. The van der Waals surface area contributed by atoms with Crippen LogP contribution < -0.4 is 5.32 Å². The lowest BCUT2D eigenvalue weighted by Gasteiger charge is -2.00. The lowest BCUT2D eigenvalue weighted by atomic mass is 10.2. The molecule has 0 fully saturated rings. The fourth-order valence-electron chi connectivity index (χ4n) is 1.57. The molecular formula is C11H14N4S. The molecule has 0 spiro atoms. The zero-order valence-corrected chi connectivity index (χ0v) is 10.4. The molecule has 1 aliphatic heterocycles. The molecule has 1 aromatic rings. The number of nitrogens with zero attached hydrogens (tertiary/aromatic N) is 3. The summed E-state index contributed by atoms with van der Waals surface area (Å²) >= 11 is 1.68. The van der Waals surface area contributed by atoms with Crippen LogP contribution in [-0.4, -0.2) is 23.7 Å². The van der Waals surface area contributed by atoms with Crippen molar-refractivity contribution in [1.29, 1.82) is 0 Å². The predicted octanol–water partition coefficient (Wildman–Crippen LogP) is 2.04. The minimum Gasteiger partial charge on any atom is -0.331 e. The summed E-state index contributed by atoms with van der Waals surface area (Å²) in [6.07, 6.45) is 4.74. The topological polar surface area (TPSA) is 49.6 Å². The Bertz CT molecular complexity index is 482. The fourth-order valence-corrected chi connectivity index (χ4v) is 2.48. The van der Waals surface area contributed by atoms with Gasteiger partial charge in [0, 0.05) is 19.7 Å². The summed E-state index contributed by atoms with van der Waals surface area (Å²) in [4.78, 5) is 14.2. The number of thiazole rings is 1. The van der Waals surface area contributed by atoms with Crippen LogP contribution in [0, 0.1) is 13.8 Å². The van der Waals surface area contributed by atoms with Gasteiger partial charge in [-0.25, -0.2) is 9.98 Å². The molecule has 0 radical (unpaired) electrons. The van der Waals surface area contributed by atoms with Crippen molar-refractivity contribution in [2.75, 3.05) is 7.05 Å². The third-order valence-electron chi connectivity index (χ3n) is 2.26. The molecule has 16 heavy (non-hydrogen) atoms. The highest BCUT2D eigenvalue weighted by atomic mass is 32.1. The van der Waals surface area contributed by atoms with Gasteiger partial charge in [0.2, 0.25) is 5.96 Å². The van der Waals surface area contributed by atoms with E-state index in [9.17, 15) is 0 Å². The summed E-state index contributed by atoms with van der Waals surface area (Å²) in [6, 6.07) is 0. The standard InChI is InChI=1S/C11H14N4S/c1-7-10(16-8(2)14-7)9-5-4-6-13-11(12-3)15-9/h4,6H,5H2,1-3H3,(H,12,13). The number of nitrogens with one attached hydrogen (secondary N) is 1. The number of hydrogen-bond acceptors (Lipinski definition) is 3. The van der Waals surface area contributed by atoms with Crippen molar-refractivity contribution in [1.82, 2.24) is 10.3 Å². The van der Waals surface area contributed by atoms with Crippen LogP contribution in [0.2, 0.25) is 0 Å².